The molecule has 1 atom stereocenters. The zero-order chi connectivity index (χ0) is 17.6. The average Bonchev–Trinajstić information content (AvgIpc) is 2.52. The highest BCUT2D eigenvalue weighted by atomic mass is 16.4. The number of nitrogens with zero attached hydrogens (tertiary/aromatic N) is 1. The van der Waals surface area contributed by atoms with Gasteiger partial charge in [-0.15, -0.1) is 0 Å². The molecule has 0 spiro atoms. The summed E-state index contributed by atoms with van der Waals surface area (Å²) < 4.78 is 0. The molecule has 2 amide bonds. The van der Waals surface area contributed by atoms with Crippen LogP contribution in [0.4, 0.5) is 0 Å². The van der Waals surface area contributed by atoms with Crippen LogP contribution >= 0.6 is 0 Å². The number of hydrogen-bond donors (Lipinski definition) is 2. The largest absolute Gasteiger partial charge is 0.480 e. The third-order valence-electron chi connectivity index (χ3n) is 3.66. The van der Waals surface area contributed by atoms with Crippen LogP contribution in [0.1, 0.15) is 48.4 Å². The Morgan fingerprint density at radius 2 is 1.52 bits per heavy atom. The van der Waals surface area contributed by atoms with Crippen LogP contribution in [-0.2, 0) is 4.79 Å². The van der Waals surface area contributed by atoms with Gasteiger partial charge in [0.25, 0.3) is 11.8 Å². The van der Waals surface area contributed by atoms with E-state index in [0.717, 1.165) is 0 Å². The molecule has 0 unspecified atom stereocenters. The highest BCUT2D eigenvalue weighted by Gasteiger charge is 2.24. The summed E-state index contributed by atoms with van der Waals surface area (Å²) in [7, 11) is 0. The summed E-state index contributed by atoms with van der Waals surface area (Å²) in [6.07, 6.45) is 0. The Hall–Kier alpha value is -2.37. The van der Waals surface area contributed by atoms with Crippen molar-refractivity contribution in [3.63, 3.8) is 0 Å². The van der Waals surface area contributed by atoms with E-state index < -0.39 is 17.9 Å². The maximum atomic E-state index is 12.2. The molecule has 6 heteroatoms. The van der Waals surface area contributed by atoms with Crippen LogP contribution in [0.15, 0.2) is 24.3 Å². The van der Waals surface area contributed by atoms with E-state index in [4.69, 9.17) is 5.11 Å². The lowest BCUT2D eigenvalue weighted by atomic mass is 10.0. The van der Waals surface area contributed by atoms with E-state index in [0.29, 0.717) is 24.2 Å². The SMILES string of the molecule is CCN(CC)C(=O)c1ccc(C(=O)N[C@H](C(=O)O)C(C)C)cc1. The lowest BCUT2D eigenvalue weighted by molar-refractivity contribution is -0.140. The predicted octanol–water partition coefficient (Wildman–Crippen LogP) is 2.01. The predicted molar refractivity (Wildman–Crippen MR) is 87.4 cm³/mol. The van der Waals surface area contributed by atoms with Gasteiger partial charge >= 0.3 is 5.97 Å². The minimum absolute atomic E-state index is 0.0902. The van der Waals surface area contributed by atoms with Crippen LogP contribution in [0.2, 0.25) is 0 Å². The second kappa shape index (κ2) is 8.31. The van der Waals surface area contributed by atoms with Gasteiger partial charge in [-0.05, 0) is 44.0 Å². The summed E-state index contributed by atoms with van der Waals surface area (Å²) >= 11 is 0. The van der Waals surface area contributed by atoms with Crippen molar-refractivity contribution in [3.8, 4) is 0 Å². The third-order valence-corrected chi connectivity index (χ3v) is 3.66. The first-order chi connectivity index (χ1) is 10.8. The second-order valence-electron chi connectivity index (χ2n) is 5.59. The number of hydrogen-bond acceptors (Lipinski definition) is 3. The topological polar surface area (TPSA) is 86.7 Å². The van der Waals surface area contributed by atoms with Gasteiger partial charge in [0, 0.05) is 24.2 Å². The molecule has 0 saturated heterocycles. The summed E-state index contributed by atoms with van der Waals surface area (Å²) in [6.45, 7) is 8.50. The van der Waals surface area contributed by atoms with Crippen molar-refractivity contribution in [2.24, 2.45) is 5.92 Å². The van der Waals surface area contributed by atoms with Crippen LogP contribution in [0.5, 0.6) is 0 Å². The fourth-order valence-electron chi connectivity index (χ4n) is 2.20. The van der Waals surface area contributed by atoms with Gasteiger partial charge in [0.15, 0.2) is 0 Å². The van der Waals surface area contributed by atoms with Crippen molar-refractivity contribution >= 4 is 17.8 Å². The summed E-state index contributed by atoms with van der Waals surface area (Å²) in [5.74, 6) is -1.85. The maximum Gasteiger partial charge on any atom is 0.326 e. The summed E-state index contributed by atoms with van der Waals surface area (Å²) in [6, 6.07) is 5.29. The highest BCUT2D eigenvalue weighted by molar-refractivity contribution is 5.99. The molecule has 0 aliphatic heterocycles. The van der Waals surface area contributed by atoms with E-state index in [2.05, 4.69) is 5.32 Å². The van der Waals surface area contributed by atoms with E-state index in [1.165, 1.54) is 12.1 Å². The van der Waals surface area contributed by atoms with Gasteiger partial charge in [-0.1, -0.05) is 13.8 Å². The third kappa shape index (κ3) is 4.81. The van der Waals surface area contributed by atoms with Crippen molar-refractivity contribution in [2.45, 2.75) is 33.7 Å². The monoisotopic (exact) mass is 320 g/mol. The molecule has 0 aromatic heterocycles. The molecule has 1 aromatic carbocycles. The summed E-state index contributed by atoms with van der Waals surface area (Å²) in [4.78, 5) is 37.1. The minimum Gasteiger partial charge on any atom is -0.480 e. The first-order valence-electron chi connectivity index (χ1n) is 7.74. The number of carbonyl (C=O) groups is 3. The van der Waals surface area contributed by atoms with Crippen LogP contribution in [0, 0.1) is 5.92 Å². The van der Waals surface area contributed by atoms with E-state index in [1.807, 2.05) is 13.8 Å². The second-order valence-corrected chi connectivity index (χ2v) is 5.59. The Labute approximate surface area is 136 Å². The number of rotatable bonds is 7. The minimum atomic E-state index is -1.07. The van der Waals surface area contributed by atoms with Crippen LogP contribution in [0.25, 0.3) is 0 Å². The first-order valence-corrected chi connectivity index (χ1v) is 7.74. The quantitative estimate of drug-likeness (QED) is 0.804. The molecule has 1 aromatic rings. The molecule has 0 saturated carbocycles. The maximum absolute atomic E-state index is 12.2. The smallest absolute Gasteiger partial charge is 0.326 e. The molecule has 0 aliphatic rings. The van der Waals surface area contributed by atoms with Crippen LogP contribution in [0.3, 0.4) is 0 Å². The molecule has 6 nitrogen and oxygen atoms in total. The Morgan fingerprint density at radius 1 is 1.04 bits per heavy atom. The number of carbonyl (C=O) groups excluding carboxylic acids is 2. The average molecular weight is 320 g/mol. The number of benzene rings is 1. The molecule has 23 heavy (non-hydrogen) atoms. The van der Waals surface area contributed by atoms with Crippen molar-refractivity contribution in [2.75, 3.05) is 13.1 Å². The van der Waals surface area contributed by atoms with Gasteiger partial charge in [0.2, 0.25) is 0 Å². The number of carboxylic acid groups (broad SMARTS) is 1. The van der Waals surface area contributed by atoms with Gasteiger partial charge in [0.05, 0.1) is 0 Å². The normalized spacial score (nSPS) is 11.9. The number of aliphatic carboxylic acids is 1. The van der Waals surface area contributed by atoms with E-state index in [1.54, 1.807) is 30.9 Å². The standard InChI is InChI=1S/C17H24N2O4/c1-5-19(6-2)16(21)13-9-7-12(8-10-13)15(20)18-14(11(3)4)17(22)23/h7-11,14H,5-6H2,1-4H3,(H,18,20)(H,22,23)/t14-/m0/s1. The number of amides is 2. The number of nitrogens with one attached hydrogen (secondary N) is 1. The Balaban J connectivity index is 2.85. The van der Waals surface area contributed by atoms with Gasteiger partial charge in [0.1, 0.15) is 6.04 Å². The number of carboxylic acids is 1. The Kier molecular flexibility index (Phi) is 6.75. The van der Waals surface area contributed by atoms with Crippen molar-refractivity contribution < 1.29 is 19.5 Å². The molecule has 0 aliphatic carbocycles. The van der Waals surface area contributed by atoms with Gasteiger partial charge in [-0.3, -0.25) is 9.59 Å². The summed E-state index contributed by atoms with van der Waals surface area (Å²) in [5, 5.41) is 11.6. The van der Waals surface area contributed by atoms with E-state index >= 15 is 0 Å². The molecule has 2 N–H and O–H groups in total. The molecule has 0 fully saturated rings. The van der Waals surface area contributed by atoms with Crippen molar-refractivity contribution in [1.29, 1.82) is 0 Å². The zero-order valence-electron chi connectivity index (χ0n) is 14.0. The lowest BCUT2D eigenvalue weighted by Crippen LogP contribution is -2.44. The zero-order valence-corrected chi connectivity index (χ0v) is 14.0. The Morgan fingerprint density at radius 3 is 1.91 bits per heavy atom. The van der Waals surface area contributed by atoms with Gasteiger partial charge < -0.3 is 15.3 Å². The molecular weight excluding hydrogens is 296 g/mol. The van der Waals surface area contributed by atoms with Crippen molar-refractivity contribution in [1.82, 2.24) is 10.2 Å². The molecule has 0 radical (unpaired) electrons. The Bertz CT molecular complexity index is 562. The van der Waals surface area contributed by atoms with Gasteiger partial charge in [-0.2, -0.15) is 0 Å². The summed E-state index contributed by atoms with van der Waals surface area (Å²) in [5.41, 5.74) is 0.830. The molecule has 0 heterocycles. The van der Waals surface area contributed by atoms with Gasteiger partial charge in [-0.25, -0.2) is 4.79 Å². The lowest BCUT2D eigenvalue weighted by Gasteiger charge is -2.19. The fourth-order valence-corrected chi connectivity index (χ4v) is 2.20. The van der Waals surface area contributed by atoms with E-state index in [-0.39, 0.29) is 11.8 Å². The molecule has 1 rings (SSSR count). The molecule has 126 valence electrons. The molecule has 0 bridgehead atoms. The highest BCUT2D eigenvalue weighted by Crippen LogP contribution is 2.09. The van der Waals surface area contributed by atoms with Crippen molar-refractivity contribution in [3.05, 3.63) is 35.4 Å². The fraction of sp³-hybridized carbons (Fsp3) is 0.471. The van der Waals surface area contributed by atoms with Crippen LogP contribution in [-0.4, -0.2) is 46.9 Å². The first kappa shape index (κ1) is 18.7. The molecular formula is C17H24N2O4. The van der Waals surface area contributed by atoms with E-state index in [9.17, 15) is 14.4 Å². The van der Waals surface area contributed by atoms with Crippen LogP contribution < -0.4 is 5.32 Å².